The zero-order valence-corrected chi connectivity index (χ0v) is 36.3. The van der Waals surface area contributed by atoms with Crippen LogP contribution >= 0.6 is 0 Å². The Balaban J connectivity index is 0.991. The summed E-state index contributed by atoms with van der Waals surface area (Å²) in [6.07, 6.45) is 0. The molecule has 0 aliphatic rings. The minimum Gasteiger partial charge on any atom is -0.310 e. The number of hydrogen-bond acceptors (Lipinski definition) is 1. The Morgan fingerprint density at radius 3 is 1.45 bits per heavy atom. The predicted octanol–water partition coefficient (Wildman–Crippen LogP) is 17.7. The number of anilines is 3. The van der Waals surface area contributed by atoms with Crippen LogP contribution in [0.15, 0.2) is 267 Å². The predicted molar refractivity (Wildman–Crippen MR) is 280 cm³/mol. The smallest absolute Gasteiger partial charge is 0.0547 e. The van der Waals surface area contributed by atoms with Crippen LogP contribution in [0.2, 0.25) is 0 Å². The van der Waals surface area contributed by atoms with E-state index in [2.05, 4.69) is 276 Å². The van der Waals surface area contributed by atoms with E-state index in [1.807, 2.05) is 0 Å². The molecule has 0 atom stereocenters. The largest absolute Gasteiger partial charge is 0.310 e. The van der Waals surface area contributed by atoms with Crippen LogP contribution in [-0.2, 0) is 0 Å². The maximum atomic E-state index is 2.42. The summed E-state index contributed by atoms with van der Waals surface area (Å²) in [4.78, 5) is 2.42. The third-order valence-electron chi connectivity index (χ3n) is 13.0. The Morgan fingerprint density at radius 1 is 0.273 bits per heavy atom. The van der Waals surface area contributed by atoms with E-state index < -0.39 is 0 Å². The van der Waals surface area contributed by atoms with Gasteiger partial charge in [0.1, 0.15) is 0 Å². The molecule has 1 heterocycles. The third-order valence-corrected chi connectivity index (χ3v) is 13.0. The molecule has 0 aliphatic carbocycles. The first-order valence-corrected chi connectivity index (χ1v) is 22.7. The van der Waals surface area contributed by atoms with Gasteiger partial charge >= 0.3 is 0 Å². The van der Waals surface area contributed by atoms with Gasteiger partial charge in [-0.15, -0.1) is 0 Å². The number of aromatic nitrogens is 1. The average molecular weight is 841 g/mol. The van der Waals surface area contributed by atoms with Crippen LogP contribution < -0.4 is 4.90 Å². The van der Waals surface area contributed by atoms with Gasteiger partial charge < -0.3 is 9.47 Å². The van der Waals surface area contributed by atoms with E-state index in [0.29, 0.717) is 0 Å². The van der Waals surface area contributed by atoms with Crippen molar-refractivity contribution in [3.05, 3.63) is 267 Å². The van der Waals surface area contributed by atoms with Crippen LogP contribution in [-0.4, -0.2) is 4.57 Å². The number of hydrogen-bond donors (Lipinski definition) is 0. The van der Waals surface area contributed by atoms with Gasteiger partial charge in [-0.3, -0.25) is 0 Å². The Labute approximate surface area is 385 Å². The second kappa shape index (κ2) is 16.8. The summed E-state index contributed by atoms with van der Waals surface area (Å²) in [7, 11) is 0. The van der Waals surface area contributed by atoms with Crippen molar-refractivity contribution in [2.24, 2.45) is 0 Å². The average Bonchev–Trinajstić information content (AvgIpc) is 3.75. The van der Waals surface area contributed by atoms with Gasteiger partial charge in [0.15, 0.2) is 0 Å². The minimum atomic E-state index is 1.08. The summed E-state index contributed by atoms with van der Waals surface area (Å²) in [5.74, 6) is 0. The molecule has 0 saturated carbocycles. The molecular weight excluding hydrogens is 797 g/mol. The molecule has 0 amide bonds. The number of nitrogens with zero attached hydrogens (tertiary/aromatic N) is 2. The topological polar surface area (TPSA) is 8.17 Å². The molecule has 12 aromatic rings. The zero-order chi connectivity index (χ0) is 43.8. The van der Waals surface area contributed by atoms with Crippen LogP contribution in [0.1, 0.15) is 0 Å². The van der Waals surface area contributed by atoms with Gasteiger partial charge in [-0.25, -0.2) is 0 Å². The van der Waals surface area contributed by atoms with Crippen LogP contribution in [0.3, 0.4) is 0 Å². The van der Waals surface area contributed by atoms with E-state index >= 15 is 0 Å². The van der Waals surface area contributed by atoms with E-state index in [1.165, 1.54) is 66.0 Å². The fraction of sp³-hybridized carbons (Fsp3) is 0. The van der Waals surface area contributed by atoms with Crippen molar-refractivity contribution in [1.29, 1.82) is 0 Å². The van der Waals surface area contributed by atoms with Gasteiger partial charge in [-0.1, -0.05) is 212 Å². The van der Waals surface area contributed by atoms with Gasteiger partial charge in [-0.2, -0.15) is 0 Å². The Hall–Kier alpha value is -8.72. The van der Waals surface area contributed by atoms with Gasteiger partial charge in [0.05, 0.1) is 16.7 Å². The van der Waals surface area contributed by atoms with Crippen molar-refractivity contribution in [2.45, 2.75) is 0 Å². The van der Waals surface area contributed by atoms with Crippen molar-refractivity contribution in [2.75, 3.05) is 4.90 Å². The Bertz CT molecular complexity index is 3650. The molecule has 0 radical (unpaired) electrons. The first-order chi connectivity index (χ1) is 32.7. The first kappa shape index (κ1) is 38.9. The molecule has 2 nitrogen and oxygen atoms in total. The summed E-state index contributed by atoms with van der Waals surface area (Å²) < 4.78 is 2.41. The Kier molecular flexibility index (Phi) is 9.89. The molecule has 0 spiro atoms. The highest BCUT2D eigenvalue weighted by Gasteiger charge is 2.21. The van der Waals surface area contributed by atoms with Crippen molar-refractivity contribution < 1.29 is 0 Å². The lowest BCUT2D eigenvalue weighted by Crippen LogP contribution is -2.11. The lowest BCUT2D eigenvalue weighted by atomic mass is 9.93. The molecule has 0 aliphatic heterocycles. The molecule has 11 aromatic carbocycles. The highest BCUT2D eigenvalue weighted by molar-refractivity contribution is 6.21. The van der Waals surface area contributed by atoms with Crippen LogP contribution in [0.4, 0.5) is 17.1 Å². The standard InChI is InChI=1S/C64H44N2/c1-4-16-45(17-5-1)47-28-30-52(31-29-47)57-23-12-14-26-61(57)65(53-37-32-48(33-38-53)46-18-6-2-7-19-46)55-41-42-56(60(44-55)49-20-8-3-9-21-49)51-34-39-54(40-35-51)66-62-27-15-13-25-59(62)64-58-24-11-10-22-50(58)36-43-63(64)66/h1-44H. The van der Waals surface area contributed by atoms with Gasteiger partial charge in [-0.05, 0) is 115 Å². The highest BCUT2D eigenvalue weighted by Crippen LogP contribution is 2.45. The van der Waals surface area contributed by atoms with Crippen LogP contribution in [0, 0.1) is 0 Å². The molecule has 0 saturated heterocycles. The molecule has 66 heavy (non-hydrogen) atoms. The summed E-state index contributed by atoms with van der Waals surface area (Å²) in [5.41, 5.74) is 18.6. The Morgan fingerprint density at radius 2 is 0.758 bits per heavy atom. The monoisotopic (exact) mass is 840 g/mol. The van der Waals surface area contributed by atoms with Crippen molar-refractivity contribution in [1.82, 2.24) is 4.57 Å². The molecule has 0 unspecified atom stereocenters. The molecule has 0 N–H and O–H groups in total. The number of benzene rings is 11. The molecule has 0 bridgehead atoms. The third kappa shape index (κ3) is 7.02. The normalized spacial score (nSPS) is 11.3. The maximum absolute atomic E-state index is 2.42. The second-order valence-electron chi connectivity index (χ2n) is 16.9. The van der Waals surface area contributed by atoms with Crippen LogP contribution in [0.25, 0.3) is 93.9 Å². The molecule has 1 aromatic heterocycles. The second-order valence-corrected chi connectivity index (χ2v) is 16.9. The SMILES string of the molecule is c1ccc(-c2ccc(-c3ccccc3N(c3ccc(-c4ccccc4)cc3)c3ccc(-c4ccc(-n5c6ccccc6c6c7ccccc7ccc65)cc4)c(-c4ccccc4)c3)cc2)cc1. The lowest BCUT2D eigenvalue weighted by Gasteiger charge is -2.29. The van der Waals surface area contributed by atoms with Gasteiger partial charge in [0, 0.05) is 33.4 Å². The zero-order valence-electron chi connectivity index (χ0n) is 36.3. The number of rotatable bonds is 9. The highest BCUT2D eigenvalue weighted by atomic mass is 15.1. The van der Waals surface area contributed by atoms with Crippen molar-refractivity contribution >= 4 is 49.6 Å². The lowest BCUT2D eigenvalue weighted by molar-refractivity contribution is 1.18. The fourth-order valence-corrected chi connectivity index (χ4v) is 9.83. The number of para-hydroxylation sites is 2. The summed E-state index contributed by atoms with van der Waals surface area (Å²) in [6, 6.07) is 96.8. The minimum absolute atomic E-state index is 1.08. The molecule has 2 heteroatoms. The summed E-state index contributed by atoms with van der Waals surface area (Å²) in [6.45, 7) is 0. The van der Waals surface area contributed by atoms with E-state index in [9.17, 15) is 0 Å². The van der Waals surface area contributed by atoms with E-state index in [4.69, 9.17) is 0 Å². The van der Waals surface area contributed by atoms with Crippen molar-refractivity contribution in [3.63, 3.8) is 0 Å². The van der Waals surface area contributed by atoms with Crippen LogP contribution in [0.5, 0.6) is 0 Å². The van der Waals surface area contributed by atoms with E-state index in [1.54, 1.807) is 0 Å². The summed E-state index contributed by atoms with van der Waals surface area (Å²) in [5, 5.41) is 5.09. The molecular formula is C64H44N2. The van der Waals surface area contributed by atoms with Crippen molar-refractivity contribution in [3.8, 4) is 61.3 Å². The molecule has 12 rings (SSSR count). The molecule has 0 fully saturated rings. The summed E-state index contributed by atoms with van der Waals surface area (Å²) >= 11 is 0. The van der Waals surface area contributed by atoms with Gasteiger partial charge in [0.25, 0.3) is 0 Å². The van der Waals surface area contributed by atoms with E-state index in [-0.39, 0.29) is 0 Å². The quantitative estimate of drug-likeness (QED) is 0.141. The molecule has 310 valence electrons. The van der Waals surface area contributed by atoms with E-state index in [0.717, 1.165) is 45.0 Å². The first-order valence-electron chi connectivity index (χ1n) is 22.7. The fourth-order valence-electron chi connectivity index (χ4n) is 9.83. The number of fused-ring (bicyclic) bond motifs is 5. The van der Waals surface area contributed by atoms with Gasteiger partial charge in [0.2, 0.25) is 0 Å². The maximum Gasteiger partial charge on any atom is 0.0547 e.